The number of carbonyl (C=O) groups excluding carboxylic acids is 2. The summed E-state index contributed by atoms with van der Waals surface area (Å²) in [5, 5.41) is 12.6. The van der Waals surface area contributed by atoms with Gasteiger partial charge in [-0.3, -0.25) is 9.59 Å². The molecule has 2 heterocycles. The first kappa shape index (κ1) is 20.7. The summed E-state index contributed by atoms with van der Waals surface area (Å²) in [5.74, 6) is -1.44. The van der Waals surface area contributed by atoms with Crippen LogP contribution in [0.3, 0.4) is 0 Å². The maximum absolute atomic E-state index is 13.4. The molecule has 0 saturated heterocycles. The van der Waals surface area contributed by atoms with E-state index in [0.717, 1.165) is 10.8 Å². The van der Waals surface area contributed by atoms with Crippen LogP contribution in [0.15, 0.2) is 12.4 Å². The molecular formula is C17H21F3N4O3. The summed E-state index contributed by atoms with van der Waals surface area (Å²) < 4.78 is 41.4. The summed E-state index contributed by atoms with van der Waals surface area (Å²) in [4.78, 5) is 30.3. The summed E-state index contributed by atoms with van der Waals surface area (Å²) in [6.07, 6.45) is -3.35. The first-order valence-corrected chi connectivity index (χ1v) is 8.15. The maximum Gasteiger partial charge on any atom is 0.424 e. The second-order valence-corrected chi connectivity index (χ2v) is 6.41. The number of Topliss-reactive ketones (excluding diaryl/α,β-unsaturated/α-hetero) is 1. The van der Waals surface area contributed by atoms with Gasteiger partial charge < -0.3 is 20.0 Å². The van der Waals surface area contributed by atoms with Gasteiger partial charge in [0, 0.05) is 43.7 Å². The Morgan fingerprint density at radius 1 is 1.33 bits per heavy atom. The highest BCUT2D eigenvalue weighted by Gasteiger charge is 2.57. The normalized spacial score (nSPS) is 14.1. The van der Waals surface area contributed by atoms with Gasteiger partial charge in [-0.1, -0.05) is 0 Å². The van der Waals surface area contributed by atoms with E-state index in [4.69, 9.17) is 0 Å². The molecule has 1 atom stereocenters. The molecule has 0 radical (unpaired) electrons. The van der Waals surface area contributed by atoms with E-state index < -0.39 is 36.5 Å². The highest BCUT2D eigenvalue weighted by molar-refractivity contribution is 6.02. The molecule has 2 aromatic heterocycles. The number of nitrogens with one attached hydrogen (secondary N) is 2. The number of rotatable bonds is 6. The first-order valence-electron chi connectivity index (χ1n) is 8.15. The quantitative estimate of drug-likeness (QED) is 0.662. The number of imidazole rings is 1. The molecule has 1 amide bonds. The van der Waals surface area contributed by atoms with Gasteiger partial charge in [0.25, 0.3) is 5.91 Å². The number of alkyl halides is 3. The van der Waals surface area contributed by atoms with Crippen molar-refractivity contribution in [2.45, 2.75) is 39.0 Å². The van der Waals surface area contributed by atoms with E-state index in [1.54, 1.807) is 13.8 Å². The van der Waals surface area contributed by atoms with Crippen molar-refractivity contribution in [2.75, 3.05) is 6.54 Å². The molecule has 27 heavy (non-hydrogen) atoms. The minimum absolute atomic E-state index is 0.102. The van der Waals surface area contributed by atoms with Gasteiger partial charge in [0.15, 0.2) is 5.78 Å². The number of carbonyl (C=O) groups is 2. The van der Waals surface area contributed by atoms with Crippen LogP contribution < -0.4 is 5.32 Å². The van der Waals surface area contributed by atoms with Crippen molar-refractivity contribution in [1.29, 1.82) is 0 Å². The number of aryl methyl sites for hydroxylation is 2. The van der Waals surface area contributed by atoms with Gasteiger partial charge in [-0.2, -0.15) is 13.2 Å². The van der Waals surface area contributed by atoms with Crippen molar-refractivity contribution in [2.24, 2.45) is 7.05 Å². The van der Waals surface area contributed by atoms with Gasteiger partial charge in [0.05, 0.1) is 0 Å². The lowest BCUT2D eigenvalue weighted by Crippen LogP contribution is -2.46. The molecule has 148 valence electrons. The number of ketones is 1. The lowest BCUT2D eigenvalue weighted by Gasteiger charge is -2.29. The SMILES string of the molecule is CC(=O)c1c(C)[nH]c(C(=O)NCC[C@](O)(c2nccn2C)C(F)(F)F)c1C. The summed E-state index contributed by atoms with van der Waals surface area (Å²) in [5.41, 5.74) is -1.80. The zero-order valence-corrected chi connectivity index (χ0v) is 15.4. The molecule has 0 aliphatic heterocycles. The number of hydrogen-bond donors (Lipinski definition) is 3. The topological polar surface area (TPSA) is 100 Å². The van der Waals surface area contributed by atoms with Crippen LogP contribution in [-0.2, 0) is 12.6 Å². The van der Waals surface area contributed by atoms with Crippen LogP contribution >= 0.6 is 0 Å². The summed E-state index contributed by atoms with van der Waals surface area (Å²) in [7, 11) is 1.34. The average Bonchev–Trinajstić information content (AvgIpc) is 3.09. The number of aromatic amines is 1. The molecule has 0 fully saturated rings. The van der Waals surface area contributed by atoms with Crippen molar-refractivity contribution in [3.05, 3.63) is 40.7 Å². The molecule has 0 aliphatic carbocycles. The van der Waals surface area contributed by atoms with Gasteiger partial charge in [0.2, 0.25) is 5.60 Å². The Labute approximate surface area is 153 Å². The predicted molar refractivity (Wildman–Crippen MR) is 90.4 cm³/mol. The molecule has 2 aromatic rings. The Kier molecular flexibility index (Phi) is 5.50. The standard InChI is InChI=1S/C17H21F3N4O3/c1-9-12(11(3)25)10(2)23-13(9)14(26)21-6-5-16(27,17(18,19)20)15-22-7-8-24(15)4/h7-8,23,27H,5-6H2,1-4H3,(H,21,26)/t16-/m0/s1. The number of H-pyrrole nitrogens is 1. The maximum atomic E-state index is 13.4. The molecule has 0 aliphatic rings. The van der Waals surface area contributed by atoms with Crippen molar-refractivity contribution in [3.63, 3.8) is 0 Å². The summed E-state index contributed by atoms with van der Waals surface area (Å²) in [6, 6.07) is 0. The van der Waals surface area contributed by atoms with E-state index in [1.165, 1.54) is 20.2 Å². The fourth-order valence-corrected chi connectivity index (χ4v) is 3.09. The highest BCUT2D eigenvalue weighted by Crippen LogP contribution is 2.40. The van der Waals surface area contributed by atoms with E-state index in [1.807, 2.05) is 0 Å². The highest BCUT2D eigenvalue weighted by atomic mass is 19.4. The third-order valence-corrected chi connectivity index (χ3v) is 4.45. The molecule has 3 N–H and O–H groups in total. The van der Waals surface area contributed by atoms with Gasteiger partial charge in [-0.25, -0.2) is 4.98 Å². The van der Waals surface area contributed by atoms with Crippen molar-refractivity contribution < 1.29 is 27.9 Å². The lowest BCUT2D eigenvalue weighted by atomic mass is 9.97. The largest absolute Gasteiger partial charge is 0.424 e. The monoisotopic (exact) mass is 386 g/mol. The zero-order valence-electron chi connectivity index (χ0n) is 15.4. The Hall–Kier alpha value is -2.62. The first-order chi connectivity index (χ1) is 12.4. The molecular weight excluding hydrogens is 365 g/mol. The second kappa shape index (κ2) is 7.18. The molecule has 0 aromatic carbocycles. The number of nitrogens with zero attached hydrogens (tertiary/aromatic N) is 2. The van der Waals surface area contributed by atoms with Gasteiger partial charge in [-0.15, -0.1) is 0 Å². The Morgan fingerprint density at radius 3 is 2.41 bits per heavy atom. The zero-order chi connectivity index (χ0) is 20.6. The van der Waals surface area contributed by atoms with Crippen molar-refractivity contribution >= 4 is 11.7 Å². The number of aromatic nitrogens is 3. The van der Waals surface area contributed by atoms with Crippen molar-refractivity contribution in [3.8, 4) is 0 Å². The van der Waals surface area contributed by atoms with E-state index in [2.05, 4.69) is 15.3 Å². The molecule has 0 spiro atoms. The lowest BCUT2D eigenvalue weighted by molar-refractivity contribution is -0.272. The van der Waals surface area contributed by atoms with Crippen LogP contribution in [0, 0.1) is 13.8 Å². The van der Waals surface area contributed by atoms with E-state index >= 15 is 0 Å². The Morgan fingerprint density at radius 2 is 1.96 bits per heavy atom. The van der Waals surface area contributed by atoms with E-state index in [9.17, 15) is 27.9 Å². The Balaban J connectivity index is 2.17. The molecule has 2 rings (SSSR count). The molecule has 7 nitrogen and oxygen atoms in total. The Bertz CT molecular complexity index is 869. The fourth-order valence-electron chi connectivity index (χ4n) is 3.09. The number of halogens is 3. The fraction of sp³-hybridized carbons (Fsp3) is 0.471. The van der Waals surface area contributed by atoms with Crippen LogP contribution in [0.1, 0.15) is 51.3 Å². The molecule has 10 heteroatoms. The number of aliphatic hydroxyl groups is 1. The van der Waals surface area contributed by atoms with Gasteiger partial charge in [0.1, 0.15) is 11.5 Å². The third-order valence-electron chi connectivity index (χ3n) is 4.45. The van der Waals surface area contributed by atoms with Gasteiger partial charge >= 0.3 is 6.18 Å². The summed E-state index contributed by atoms with van der Waals surface area (Å²) >= 11 is 0. The number of hydrogen-bond acceptors (Lipinski definition) is 4. The minimum atomic E-state index is -4.97. The van der Waals surface area contributed by atoms with Crippen LogP contribution in [0.5, 0.6) is 0 Å². The molecule has 0 unspecified atom stereocenters. The second-order valence-electron chi connectivity index (χ2n) is 6.41. The minimum Gasteiger partial charge on any atom is -0.374 e. The number of amides is 1. The van der Waals surface area contributed by atoms with Crippen LogP contribution in [0.25, 0.3) is 0 Å². The average molecular weight is 386 g/mol. The molecule has 0 saturated carbocycles. The predicted octanol–water partition coefficient (Wildman–Crippen LogP) is 2.14. The van der Waals surface area contributed by atoms with Crippen molar-refractivity contribution in [1.82, 2.24) is 19.9 Å². The summed E-state index contributed by atoms with van der Waals surface area (Å²) in [6.45, 7) is 4.12. The van der Waals surface area contributed by atoms with Gasteiger partial charge in [-0.05, 0) is 26.3 Å². The van der Waals surface area contributed by atoms with Crippen LogP contribution in [0.4, 0.5) is 13.2 Å². The third kappa shape index (κ3) is 3.75. The van der Waals surface area contributed by atoms with E-state index in [-0.39, 0.29) is 11.5 Å². The van der Waals surface area contributed by atoms with Crippen LogP contribution in [-0.4, -0.2) is 44.1 Å². The van der Waals surface area contributed by atoms with E-state index in [0.29, 0.717) is 16.8 Å². The smallest absolute Gasteiger partial charge is 0.374 e. The molecule has 0 bridgehead atoms. The van der Waals surface area contributed by atoms with Crippen LogP contribution in [0.2, 0.25) is 0 Å².